The maximum Gasteiger partial charge on any atom is 0.253 e. The predicted molar refractivity (Wildman–Crippen MR) is 149 cm³/mol. The Morgan fingerprint density at radius 1 is 1.14 bits per heavy atom. The van der Waals surface area contributed by atoms with Crippen molar-refractivity contribution in [3.63, 3.8) is 0 Å². The van der Waals surface area contributed by atoms with Crippen LogP contribution in [0.15, 0.2) is 48.1 Å². The van der Waals surface area contributed by atoms with E-state index in [0.29, 0.717) is 22.0 Å². The Morgan fingerprint density at radius 2 is 1.83 bits per heavy atom. The molecule has 0 atom stereocenters. The highest BCUT2D eigenvalue weighted by molar-refractivity contribution is 7.14. The Hall–Kier alpha value is -3.52. The van der Waals surface area contributed by atoms with Gasteiger partial charge in [-0.15, -0.1) is 11.3 Å². The number of hydrogen-bond donors (Lipinski definition) is 2. The molecular weight excluding hydrogens is 472 g/mol. The number of carbonyl (C=O) groups excluding carboxylic acids is 3. The number of ketones is 1. The highest BCUT2D eigenvalue weighted by atomic mass is 32.1. The van der Waals surface area contributed by atoms with Gasteiger partial charge in [0.05, 0.1) is 17.8 Å². The summed E-state index contributed by atoms with van der Waals surface area (Å²) in [5.41, 5.74) is 3.30. The zero-order chi connectivity index (χ0) is 26.9. The smallest absolute Gasteiger partial charge is 0.253 e. The van der Waals surface area contributed by atoms with Gasteiger partial charge in [0.1, 0.15) is 0 Å². The monoisotopic (exact) mass is 508 g/mol. The Balaban J connectivity index is 0.00000145. The van der Waals surface area contributed by atoms with Gasteiger partial charge in [-0.05, 0) is 52.3 Å². The fourth-order valence-corrected chi connectivity index (χ4v) is 3.92. The minimum Gasteiger partial charge on any atom is -0.348 e. The Bertz CT molecular complexity index is 1230. The summed E-state index contributed by atoms with van der Waals surface area (Å²) in [6, 6.07) is 7.31. The third-order valence-corrected chi connectivity index (χ3v) is 5.72. The first-order chi connectivity index (χ1) is 17.0. The van der Waals surface area contributed by atoms with E-state index >= 15 is 0 Å². The van der Waals surface area contributed by atoms with Crippen molar-refractivity contribution < 1.29 is 14.4 Å². The third kappa shape index (κ3) is 8.02. The molecular formula is C28H36N4O3S. The van der Waals surface area contributed by atoms with Crippen LogP contribution in [0.3, 0.4) is 0 Å². The molecule has 3 rings (SSSR count). The first kappa shape index (κ1) is 28.7. The van der Waals surface area contributed by atoms with Crippen molar-refractivity contribution in [3.05, 3.63) is 64.8 Å². The maximum absolute atomic E-state index is 12.3. The number of amides is 2. The zero-order valence-corrected chi connectivity index (χ0v) is 23.0. The van der Waals surface area contributed by atoms with E-state index in [9.17, 15) is 14.4 Å². The summed E-state index contributed by atoms with van der Waals surface area (Å²) >= 11 is 1.28. The molecule has 0 radical (unpaired) electrons. The lowest BCUT2D eigenvalue weighted by Crippen LogP contribution is -2.32. The predicted octanol–water partition coefficient (Wildman–Crippen LogP) is 6.39. The summed E-state index contributed by atoms with van der Waals surface area (Å²) in [5, 5.41) is 7.58. The van der Waals surface area contributed by atoms with Gasteiger partial charge < -0.3 is 15.2 Å². The number of nitrogens with one attached hydrogen (secondary N) is 2. The molecule has 2 heterocycles. The van der Waals surface area contributed by atoms with Crippen molar-refractivity contribution in [3.8, 4) is 11.3 Å². The van der Waals surface area contributed by atoms with Crippen molar-refractivity contribution in [2.75, 3.05) is 11.9 Å². The second-order valence-electron chi connectivity index (χ2n) is 9.31. The number of nitrogens with zero attached hydrogens (tertiary/aromatic N) is 2. The van der Waals surface area contributed by atoms with E-state index in [4.69, 9.17) is 0 Å². The molecule has 2 amide bonds. The molecule has 0 bridgehead atoms. The van der Waals surface area contributed by atoms with E-state index in [1.807, 2.05) is 74.2 Å². The van der Waals surface area contributed by atoms with Gasteiger partial charge in [0.15, 0.2) is 10.9 Å². The van der Waals surface area contributed by atoms with Crippen LogP contribution < -0.4 is 10.6 Å². The summed E-state index contributed by atoms with van der Waals surface area (Å²) in [6.45, 7) is 13.6. The Labute approximate surface area is 217 Å². The lowest BCUT2D eigenvalue weighted by atomic mass is 9.99. The van der Waals surface area contributed by atoms with E-state index in [1.165, 1.54) is 24.7 Å². The van der Waals surface area contributed by atoms with Crippen LogP contribution in [0.25, 0.3) is 17.3 Å². The fraction of sp³-hybridized carbons (Fsp3) is 0.357. The molecule has 0 fully saturated rings. The molecule has 2 aromatic heterocycles. The summed E-state index contributed by atoms with van der Waals surface area (Å²) in [7, 11) is 0. The van der Waals surface area contributed by atoms with Crippen LogP contribution in [-0.2, 0) is 10.3 Å². The molecule has 2 N–H and O–H groups in total. The van der Waals surface area contributed by atoms with Gasteiger partial charge in [0.2, 0.25) is 5.91 Å². The highest BCUT2D eigenvalue weighted by Crippen LogP contribution is 2.27. The van der Waals surface area contributed by atoms with Crippen LogP contribution in [0.5, 0.6) is 0 Å². The summed E-state index contributed by atoms with van der Waals surface area (Å²) in [4.78, 5) is 41.1. The first-order valence-corrected chi connectivity index (χ1v) is 12.9. The van der Waals surface area contributed by atoms with Gasteiger partial charge in [-0.2, -0.15) is 0 Å². The molecule has 0 spiro atoms. The van der Waals surface area contributed by atoms with E-state index in [1.54, 1.807) is 12.3 Å². The average molecular weight is 509 g/mol. The zero-order valence-electron chi connectivity index (χ0n) is 22.1. The lowest BCUT2D eigenvalue weighted by Gasteiger charge is -2.20. The Kier molecular flexibility index (Phi) is 10.3. The molecule has 0 aliphatic rings. The topological polar surface area (TPSA) is 93.1 Å². The van der Waals surface area contributed by atoms with E-state index < -0.39 is 0 Å². The Morgan fingerprint density at radius 3 is 2.42 bits per heavy atom. The van der Waals surface area contributed by atoms with Gasteiger partial charge in [0, 0.05) is 34.4 Å². The fourth-order valence-electron chi connectivity index (χ4n) is 3.18. The van der Waals surface area contributed by atoms with Gasteiger partial charge in [-0.3, -0.25) is 14.4 Å². The van der Waals surface area contributed by atoms with Gasteiger partial charge in [-0.25, -0.2) is 4.98 Å². The number of hydrogen-bond acceptors (Lipinski definition) is 5. The van der Waals surface area contributed by atoms with Crippen LogP contribution >= 0.6 is 11.3 Å². The second-order valence-corrected chi connectivity index (χ2v) is 10.2. The summed E-state index contributed by atoms with van der Waals surface area (Å²) in [6.07, 6.45) is 8.63. The quantitative estimate of drug-likeness (QED) is 0.362. The van der Waals surface area contributed by atoms with Crippen molar-refractivity contribution in [1.82, 2.24) is 14.9 Å². The standard InChI is InChI=1S/C25H28N4O3S.C3H8/c1-6-7-17-8-9-18(12-20(17)16(2)30)21-15-33-24(27-21)28-22(31)13-26-23(32)19-10-11-29(14-19)25(3,4)5;1-3-2/h6-12,14-15H,13H2,1-5H3,(H,26,32)(H,27,28,31);3H2,1-2H3/b7-6-;. The molecule has 192 valence electrons. The van der Waals surface area contributed by atoms with Crippen molar-refractivity contribution >= 4 is 40.1 Å². The number of benzene rings is 1. The van der Waals surface area contributed by atoms with Crippen LogP contribution in [0.2, 0.25) is 0 Å². The van der Waals surface area contributed by atoms with E-state index in [2.05, 4.69) is 29.5 Å². The van der Waals surface area contributed by atoms with Crippen LogP contribution in [0.4, 0.5) is 5.13 Å². The van der Waals surface area contributed by atoms with Crippen molar-refractivity contribution in [2.24, 2.45) is 0 Å². The average Bonchev–Trinajstić information content (AvgIpc) is 3.48. The molecule has 0 saturated carbocycles. The molecule has 3 aromatic rings. The van der Waals surface area contributed by atoms with Crippen molar-refractivity contribution in [1.29, 1.82) is 0 Å². The number of rotatable bonds is 7. The molecule has 0 saturated heterocycles. The minimum absolute atomic E-state index is 0.0257. The second kappa shape index (κ2) is 13.0. The SMILES string of the molecule is C/C=C\c1ccc(-c2csc(NC(=O)CNC(=O)c3ccn(C(C)(C)C)c3)n2)cc1C(C)=O.CCC. The number of carbonyl (C=O) groups is 3. The van der Waals surface area contributed by atoms with Crippen LogP contribution in [0.1, 0.15) is 81.2 Å². The highest BCUT2D eigenvalue weighted by Gasteiger charge is 2.16. The van der Waals surface area contributed by atoms with Crippen LogP contribution in [0, 0.1) is 0 Å². The number of aromatic nitrogens is 2. The molecule has 0 aliphatic carbocycles. The number of Topliss-reactive ketones (excluding diaryl/α,β-unsaturated/α-hetero) is 1. The molecule has 8 heteroatoms. The summed E-state index contributed by atoms with van der Waals surface area (Å²) in [5.74, 6) is -0.708. The van der Waals surface area contributed by atoms with Gasteiger partial charge in [0.25, 0.3) is 5.91 Å². The van der Waals surface area contributed by atoms with E-state index in [-0.39, 0.29) is 29.7 Å². The van der Waals surface area contributed by atoms with Crippen molar-refractivity contribution in [2.45, 2.75) is 60.4 Å². The number of allylic oxidation sites excluding steroid dienone is 1. The minimum atomic E-state index is -0.368. The van der Waals surface area contributed by atoms with E-state index in [0.717, 1.165) is 11.1 Å². The third-order valence-electron chi connectivity index (χ3n) is 4.96. The van der Waals surface area contributed by atoms with Gasteiger partial charge in [-0.1, -0.05) is 44.6 Å². The largest absolute Gasteiger partial charge is 0.348 e. The summed E-state index contributed by atoms with van der Waals surface area (Å²) < 4.78 is 1.95. The van der Waals surface area contributed by atoms with Gasteiger partial charge >= 0.3 is 0 Å². The molecule has 7 nitrogen and oxygen atoms in total. The lowest BCUT2D eigenvalue weighted by molar-refractivity contribution is -0.115. The molecule has 0 aliphatic heterocycles. The maximum atomic E-state index is 12.3. The molecule has 36 heavy (non-hydrogen) atoms. The number of anilines is 1. The van der Waals surface area contributed by atoms with Crippen LogP contribution in [-0.4, -0.2) is 33.7 Å². The normalized spacial score (nSPS) is 11.1. The first-order valence-electron chi connectivity index (χ1n) is 12.0. The number of thiazole rings is 1. The molecule has 0 unspecified atom stereocenters. The molecule has 1 aromatic carbocycles.